The highest BCUT2D eigenvalue weighted by Gasteiger charge is 2.46. The topological polar surface area (TPSA) is 85.3 Å². The SMILES string of the molecule is COCCN1C(=O)C(=O)/C(=C(\O)c2cccc(OC)c2)C1c1ccccc1OC. The molecule has 0 saturated carbocycles. The zero-order valence-electron chi connectivity index (χ0n) is 16.5. The summed E-state index contributed by atoms with van der Waals surface area (Å²) < 4.78 is 15.8. The van der Waals surface area contributed by atoms with Crippen molar-refractivity contribution in [1.82, 2.24) is 4.90 Å². The second-order valence-electron chi connectivity index (χ2n) is 6.46. The van der Waals surface area contributed by atoms with Gasteiger partial charge in [-0.1, -0.05) is 30.3 Å². The number of ether oxygens (including phenoxy) is 3. The fraction of sp³-hybridized carbons (Fsp3) is 0.273. The molecule has 1 aliphatic rings. The van der Waals surface area contributed by atoms with Crippen molar-refractivity contribution in [1.29, 1.82) is 0 Å². The van der Waals surface area contributed by atoms with E-state index in [9.17, 15) is 14.7 Å². The summed E-state index contributed by atoms with van der Waals surface area (Å²) in [6, 6.07) is 13.0. The number of hydrogen-bond acceptors (Lipinski definition) is 6. The molecule has 1 unspecified atom stereocenters. The monoisotopic (exact) mass is 397 g/mol. The van der Waals surface area contributed by atoms with Crippen LogP contribution in [0.3, 0.4) is 0 Å². The molecule has 1 N–H and O–H groups in total. The number of carbonyl (C=O) groups excluding carboxylic acids is 2. The second kappa shape index (κ2) is 8.79. The van der Waals surface area contributed by atoms with Crippen LogP contribution < -0.4 is 9.47 Å². The van der Waals surface area contributed by atoms with Gasteiger partial charge in [-0.25, -0.2) is 0 Å². The van der Waals surface area contributed by atoms with Crippen molar-refractivity contribution in [2.45, 2.75) is 6.04 Å². The van der Waals surface area contributed by atoms with Crippen LogP contribution >= 0.6 is 0 Å². The summed E-state index contributed by atoms with van der Waals surface area (Å²) in [6.07, 6.45) is 0. The number of para-hydroxylation sites is 1. The number of hydrogen-bond donors (Lipinski definition) is 1. The Morgan fingerprint density at radius 1 is 1.03 bits per heavy atom. The molecule has 1 atom stereocenters. The summed E-state index contributed by atoms with van der Waals surface area (Å²) in [5.41, 5.74) is 0.993. The summed E-state index contributed by atoms with van der Waals surface area (Å²) in [5, 5.41) is 11.0. The lowest BCUT2D eigenvalue weighted by Crippen LogP contribution is -2.32. The maximum Gasteiger partial charge on any atom is 0.295 e. The van der Waals surface area contributed by atoms with Crippen LogP contribution in [0.5, 0.6) is 11.5 Å². The van der Waals surface area contributed by atoms with Gasteiger partial charge in [-0.3, -0.25) is 9.59 Å². The number of Topliss-reactive ketones (excluding diaryl/α,β-unsaturated/α-hetero) is 1. The highest BCUT2D eigenvalue weighted by molar-refractivity contribution is 6.46. The number of methoxy groups -OCH3 is 3. The van der Waals surface area contributed by atoms with E-state index in [2.05, 4.69) is 0 Å². The lowest BCUT2D eigenvalue weighted by atomic mass is 9.94. The van der Waals surface area contributed by atoms with Gasteiger partial charge in [-0.15, -0.1) is 0 Å². The van der Waals surface area contributed by atoms with Gasteiger partial charge >= 0.3 is 0 Å². The van der Waals surface area contributed by atoms with E-state index in [1.54, 1.807) is 48.5 Å². The molecule has 152 valence electrons. The highest BCUT2D eigenvalue weighted by atomic mass is 16.5. The van der Waals surface area contributed by atoms with Gasteiger partial charge in [0.1, 0.15) is 17.3 Å². The third kappa shape index (κ3) is 3.82. The standard InChI is InChI=1S/C22H23NO6/c1-27-12-11-23-19(16-9-4-5-10-17(16)29-3)18(21(25)22(23)26)20(24)14-7-6-8-15(13-14)28-2/h4-10,13,19,24H,11-12H2,1-3H3/b20-18-. The summed E-state index contributed by atoms with van der Waals surface area (Å²) in [6.45, 7) is 0.441. The number of rotatable bonds is 7. The van der Waals surface area contributed by atoms with Gasteiger partial charge in [0.15, 0.2) is 0 Å². The molecular formula is C22H23NO6. The van der Waals surface area contributed by atoms with E-state index in [-0.39, 0.29) is 24.5 Å². The van der Waals surface area contributed by atoms with E-state index < -0.39 is 17.7 Å². The molecule has 1 heterocycles. The molecule has 1 aliphatic heterocycles. The van der Waals surface area contributed by atoms with Gasteiger partial charge in [0.25, 0.3) is 11.7 Å². The minimum absolute atomic E-state index is 0.00357. The Balaban J connectivity index is 2.21. The van der Waals surface area contributed by atoms with Crippen LogP contribution in [-0.4, -0.2) is 56.2 Å². The number of nitrogens with zero attached hydrogens (tertiary/aromatic N) is 1. The van der Waals surface area contributed by atoms with Crippen LogP contribution in [-0.2, 0) is 14.3 Å². The Labute approximate surface area is 169 Å². The van der Waals surface area contributed by atoms with E-state index in [0.29, 0.717) is 22.6 Å². The van der Waals surface area contributed by atoms with Gasteiger partial charge in [0, 0.05) is 24.8 Å². The molecule has 3 rings (SSSR count). The molecule has 0 aromatic heterocycles. The highest BCUT2D eigenvalue weighted by Crippen LogP contribution is 2.42. The molecule has 2 aromatic rings. The Bertz CT molecular complexity index is 952. The molecule has 0 radical (unpaired) electrons. The number of carbonyl (C=O) groups is 2. The largest absolute Gasteiger partial charge is 0.507 e. The number of aliphatic hydroxyl groups is 1. The summed E-state index contributed by atoms with van der Waals surface area (Å²) in [5.74, 6) is -0.673. The zero-order valence-corrected chi connectivity index (χ0v) is 16.5. The van der Waals surface area contributed by atoms with Crippen molar-refractivity contribution in [3.8, 4) is 11.5 Å². The molecule has 0 aliphatic carbocycles. The van der Waals surface area contributed by atoms with Crippen molar-refractivity contribution in [2.24, 2.45) is 0 Å². The maximum absolute atomic E-state index is 12.9. The Morgan fingerprint density at radius 2 is 1.79 bits per heavy atom. The van der Waals surface area contributed by atoms with E-state index in [4.69, 9.17) is 14.2 Å². The molecule has 0 bridgehead atoms. The van der Waals surface area contributed by atoms with Crippen molar-refractivity contribution in [3.63, 3.8) is 0 Å². The number of aliphatic hydroxyl groups excluding tert-OH is 1. The van der Waals surface area contributed by atoms with Crippen molar-refractivity contribution >= 4 is 17.4 Å². The minimum atomic E-state index is -0.799. The lowest BCUT2D eigenvalue weighted by Gasteiger charge is -2.26. The smallest absolute Gasteiger partial charge is 0.295 e. The second-order valence-corrected chi connectivity index (χ2v) is 6.46. The number of amides is 1. The molecule has 1 saturated heterocycles. The van der Waals surface area contributed by atoms with Gasteiger partial charge < -0.3 is 24.2 Å². The van der Waals surface area contributed by atoms with Crippen LogP contribution in [0.1, 0.15) is 17.2 Å². The van der Waals surface area contributed by atoms with Gasteiger partial charge in [0.2, 0.25) is 0 Å². The average molecular weight is 397 g/mol. The van der Waals surface area contributed by atoms with Crippen LogP contribution in [0, 0.1) is 0 Å². The molecular weight excluding hydrogens is 374 g/mol. The summed E-state index contributed by atoms with van der Waals surface area (Å²) >= 11 is 0. The third-order valence-electron chi connectivity index (χ3n) is 4.85. The van der Waals surface area contributed by atoms with Gasteiger partial charge in [-0.2, -0.15) is 0 Å². The predicted octanol–water partition coefficient (Wildman–Crippen LogP) is 2.77. The van der Waals surface area contributed by atoms with E-state index >= 15 is 0 Å². The lowest BCUT2D eigenvalue weighted by molar-refractivity contribution is -0.140. The molecule has 2 aromatic carbocycles. The molecule has 1 amide bonds. The predicted molar refractivity (Wildman–Crippen MR) is 107 cm³/mol. The van der Waals surface area contributed by atoms with Crippen molar-refractivity contribution < 1.29 is 28.9 Å². The fourth-order valence-corrected chi connectivity index (χ4v) is 3.44. The number of likely N-dealkylation sites (tertiary alicyclic amines) is 1. The quantitative estimate of drug-likeness (QED) is 0.439. The van der Waals surface area contributed by atoms with Crippen LogP contribution in [0.2, 0.25) is 0 Å². The van der Waals surface area contributed by atoms with Crippen LogP contribution in [0.4, 0.5) is 0 Å². The first-order valence-electron chi connectivity index (χ1n) is 9.08. The summed E-state index contributed by atoms with van der Waals surface area (Å²) in [4.78, 5) is 27.1. The van der Waals surface area contributed by atoms with Crippen molar-refractivity contribution in [3.05, 3.63) is 65.2 Å². The van der Waals surface area contributed by atoms with Crippen LogP contribution in [0.25, 0.3) is 5.76 Å². The first-order valence-corrected chi connectivity index (χ1v) is 9.08. The molecule has 7 nitrogen and oxygen atoms in total. The first kappa shape index (κ1) is 20.4. The number of ketones is 1. The zero-order chi connectivity index (χ0) is 21.0. The van der Waals surface area contributed by atoms with E-state index in [1.807, 2.05) is 0 Å². The average Bonchev–Trinajstić information content (AvgIpc) is 3.01. The molecule has 7 heteroatoms. The van der Waals surface area contributed by atoms with Gasteiger partial charge in [-0.05, 0) is 18.2 Å². The normalized spacial score (nSPS) is 18.2. The number of benzene rings is 2. The van der Waals surface area contributed by atoms with Crippen LogP contribution in [0.15, 0.2) is 54.1 Å². The fourth-order valence-electron chi connectivity index (χ4n) is 3.44. The first-order chi connectivity index (χ1) is 14.0. The maximum atomic E-state index is 12.9. The molecule has 29 heavy (non-hydrogen) atoms. The summed E-state index contributed by atoms with van der Waals surface area (Å²) in [7, 11) is 4.55. The van der Waals surface area contributed by atoms with Crippen molar-refractivity contribution in [2.75, 3.05) is 34.5 Å². The molecule has 1 fully saturated rings. The Morgan fingerprint density at radius 3 is 2.48 bits per heavy atom. The Kier molecular flexibility index (Phi) is 6.19. The van der Waals surface area contributed by atoms with E-state index in [1.165, 1.54) is 26.2 Å². The van der Waals surface area contributed by atoms with E-state index in [0.717, 1.165) is 0 Å². The van der Waals surface area contributed by atoms with Gasteiger partial charge in [0.05, 0.1) is 32.4 Å². The Hall–Kier alpha value is -3.32. The third-order valence-corrected chi connectivity index (χ3v) is 4.85. The minimum Gasteiger partial charge on any atom is -0.507 e. The molecule has 0 spiro atoms.